The lowest BCUT2D eigenvalue weighted by Crippen LogP contribution is -2.41. The number of fused-ring (bicyclic) bond motifs is 5. The smallest absolute Gasteiger partial charge is 0.245 e. The monoisotopic (exact) mass is 389 g/mol. The zero-order valence-corrected chi connectivity index (χ0v) is 16.1. The van der Waals surface area contributed by atoms with E-state index >= 15 is 0 Å². The summed E-state index contributed by atoms with van der Waals surface area (Å²) in [5.41, 5.74) is 3.71. The molecule has 3 aromatic rings. The molecule has 0 saturated carbocycles. The number of ether oxygens (including phenoxy) is 3. The normalized spacial score (nSPS) is 21.3. The summed E-state index contributed by atoms with van der Waals surface area (Å²) in [6.07, 6.45) is 3.79. The molecule has 1 aromatic heterocycles. The first-order chi connectivity index (χ1) is 14.1. The highest BCUT2D eigenvalue weighted by Crippen LogP contribution is 2.56. The van der Waals surface area contributed by atoms with E-state index in [1.807, 2.05) is 56.8 Å². The van der Waals surface area contributed by atoms with Crippen molar-refractivity contribution in [3.63, 3.8) is 0 Å². The lowest BCUT2D eigenvalue weighted by molar-refractivity contribution is -0.121. The van der Waals surface area contributed by atoms with Gasteiger partial charge in [0, 0.05) is 48.7 Å². The van der Waals surface area contributed by atoms with E-state index in [0.29, 0.717) is 30.5 Å². The van der Waals surface area contributed by atoms with Crippen molar-refractivity contribution in [1.82, 2.24) is 9.78 Å². The topological polar surface area (TPSA) is 65.8 Å². The molecule has 0 fully saturated rings. The van der Waals surface area contributed by atoms with Gasteiger partial charge in [-0.25, -0.2) is 0 Å². The van der Waals surface area contributed by atoms with Gasteiger partial charge in [-0.1, -0.05) is 12.1 Å². The molecule has 1 amide bonds. The first-order valence-corrected chi connectivity index (χ1v) is 9.57. The van der Waals surface area contributed by atoms with Crippen LogP contribution in [0.3, 0.4) is 0 Å². The van der Waals surface area contributed by atoms with Gasteiger partial charge in [0.15, 0.2) is 11.5 Å². The Bertz CT molecular complexity index is 1180. The van der Waals surface area contributed by atoms with Gasteiger partial charge in [-0.15, -0.1) is 0 Å². The number of hydrogen-bond acceptors (Lipinski definition) is 5. The fraction of sp³-hybridized carbons (Fsp3) is 0.273. The number of benzene rings is 2. The SMILES string of the molecule is CN1C(=O)C2(COc3cc4c(cc32)OCCO4)c2c(-c3cnn(C)c3)cccc21. The molecular formula is C22H19N3O4. The molecule has 7 nitrogen and oxygen atoms in total. The van der Waals surface area contributed by atoms with E-state index in [1.54, 1.807) is 9.58 Å². The van der Waals surface area contributed by atoms with Crippen LogP contribution in [0, 0.1) is 0 Å². The van der Waals surface area contributed by atoms with Crippen LogP contribution < -0.4 is 19.1 Å². The third-order valence-electron chi connectivity index (χ3n) is 6.06. The molecule has 1 atom stereocenters. The summed E-state index contributed by atoms with van der Waals surface area (Å²) in [4.78, 5) is 15.4. The fourth-order valence-electron chi connectivity index (χ4n) is 4.74. The summed E-state index contributed by atoms with van der Waals surface area (Å²) in [6, 6.07) is 9.76. The Morgan fingerprint density at radius 2 is 1.83 bits per heavy atom. The van der Waals surface area contributed by atoms with E-state index in [0.717, 1.165) is 27.9 Å². The van der Waals surface area contributed by atoms with Gasteiger partial charge in [-0.05, 0) is 17.7 Å². The highest BCUT2D eigenvalue weighted by molar-refractivity contribution is 6.13. The van der Waals surface area contributed by atoms with Crippen LogP contribution in [-0.4, -0.2) is 42.6 Å². The van der Waals surface area contributed by atoms with Crippen molar-refractivity contribution in [3.8, 4) is 28.4 Å². The Kier molecular flexibility index (Phi) is 3.14. The first kappa shape index (κ1) is 16.5. The molecule has 0 radical (unpaired) electrons. The van der Waals surface area contributed by atoms with Gasteiger partial charge in [0.2, 0.25) is 5.91 Å². The van der Waals surface area contributed by atoms with Crippen molar-refractivity contribution in [1.29, 1.82) is 0 Å². The fourth-order valence-corrected chi connectivity index (χ4v) is 4.74. The van der Waals surface area contributed by atoms with Crippen LogP contribution in [0.15, 0.2) is 42.7 Å². The highest BCUT2D eigenvalue weighted by atomic mass is 16.6. The number of aryl methyl sites for hydroxylation is 1. The van der Waals surface area contributed by atoms with E-state index in [9.17, 15) is 4.79 Å². The highest BCUT2D eigenvalue weighted by Gasteiger charge is 2.57. The number of hydrogen-bond donors (Lipinski definition) is 0. The van der Waals surface area contributed by atoms with E-state index < -0.39 is 5.41 Å². The van der Waals surface area contributed by atoms with Crippen LogP contribution in [-0.2, 0) is 17.3 Å². The zero-order chi connectivity index (χ0) is 19.8. The van der Waals surface area contributed by atoms with Crippen molar-refractivity contribution in [2.75, 3.05) is 31.8 Å². The molecule has 3 aliphatic rings. The molecule has 1 unspecified atom stereocenters. The molecule has 0 N–H and O–H groups in total. The number of rotatable bonds is 1. The third-order valence-corrected chi connectivity index (χ3v) is 6.06. The van der Waals surface area contributed by atoms with Crippen molar-refractivity contribution in [3.05, 3.63) is 53.9 Å². The van der Waals surface area contributed by atoms with Gasteiger partial charge in [0.25, 0.3) is 0 Å². The van der Waals surface area contributed by atoms with Gasteiger partial charge in [-0.2, -0.15) is 5.10 Å². The second-order valence-corrected chi connectivity index (χ2v) is 7.65. The van der Waals surface area contributed by atoms with Crippen LogP contribution in [0.25, 0.3) is 11.1 Å². The Hall–Kier alpha value is -3.48. The van der Waals surface area contributed by atoms with Gasteiger partial charge in [0.05, 0.1) is 6.20 Å². The quantitative estimate of drug-likeness (QED) is 0.640. The zero-order valence-electron chi connectivity index (χ0n) is 16.1. The minimum Gasteiger partial charge on any atom is -0.491 e. The summed E-state index contributed by atoms with van der Waals surface area (Å²) in [7, 11) is 3.70. The maximum absolute atomic E-state index is 13.7. The largest absolute Gasteiger partial charge is 0.491 e. The molecule has 0 aliphatic carbocycles. The second-order valence-electron chi connectivity index (χ2n) is 7.65. The van der Waals surface area contributed by atoms with Crippen LogP contribution >= 0.6 is 0 Å². The molecule has 3 aliphatic heterocycles. The Morgan fingerprint density at radius 1 is 1.03 bits per heavy atom. The lowest BCUT2D eigenvalue weighted by atomic mass is 9.74. The second kappa shape index (κ2) is 5.53. The molecule has 29 heavy (non-hydrogen) atoms. The number of amides is 1. The Labute approximate surface area is 167 Å². The maximum Gasteiger partial charge on any atom is 0.245 e. The van der Waals surface area contributed by atoms with E-state index in [1.165, 1.54) is 0 Å². The molecule has 0 bridgehead atoms. The molecule has 146 valence electrons. The van der Waals surface area contributed by atoms with Crippen LogP contribution in [0.4, 0.5) is 5.69 Å². The Morgan fingerprint density at radius 3 is 2.59 bits per heavy atom. The third kappa shape index (κ3) is 2.02. The van der Waals surface area contributed by atoms with Gasteiger partial charge in [-0.3, -0.25) is 9.48 Å². The molecule has 6 rings (SSSR count). The molecule has 2 aromatic carbocycles. The first-order valence-electron chi connectivity index (χ1n) is 9.57. The van der Waals surface area contributed by atoms with Crippen molar-refractivity contribution in [2.45, 2.75) is 5.41 Å². The average molecular weight is 389 g/mol. The predicted molar refractivity (Wildman–Crippen MR) is 106 cm³/mol. The number of carbonyl (C=O) groups is 1. The molecular weight excluding hydrogens is 370 g/mol. The number of anilines is 1. The summed E-state index contributed by atoms with van der Waals surface area (Å²) in [6.45, 7) is 1.25. The molecule has 0 saturated heterocycles. The maximum atomic E-state index is 13.7. The summed E-state index contributed by atoms with van der Waals surface area (Å²) >= 11 is 0. The Balaban J connectivity index is 1.64. The predicted octanol–water partition coefficient (Wildman–Crippen LogP) is 2.51. The van der Waals surface area contributed by atoms with Crippen LogP contribution in [0.2, 0.25) is 0 Å². The van der Waals surface area contributed by atoms with E-state index in [-0.39, 0.29) is 12.5 Å². The van der Waals surface area contributed by atoms with E-state index in [2.05, 4.69) is 5.10 Å². The van der Waals surface area contributed by atoms with Gasteiger partial charge >= 0.3 is 0 Å². The van der Waals surface area contributed by atoms with Gasteiger partial charge < -0.3 is 19.1 Å². The minimum absolute atomic E-state index is 0.000678. The molecule has 4 heterocycles. The van der Waals surface area contributed by atoms with Crippen molar-refractivity contribution < 1.29 is 19.0 Å². The summed E-state index contributed by atoms with van der Waals surface area (Å²) in [5, 5.41) is 4.32. The number of carbonyl (C=O) groups excluding carboxylic acids is 1. The number of nitrogens with zero attached hydrogens (tertiary/aromatic N) is 3. The minimum atomic E-state index is -0.915. The van der Waals surface area contributed by atoms with Crippen LogP contribution in [0.5, 0.6) is 17.2 Å². The van der Waals surface area contributed by atoms with E-state index in [4.69, 9.17) is 14.2 Å². The lowest BCUT2D eigenvalue weighted by Gasteiger charge is -2.25. The van der Waals surface area contributed by atoms with Crippen molar-refractivity contribution >= 4 is 11.6 Å². The molecule has 1 spiro atoms. The summed E-state index contributed by atoms with van der Waals surface area (Å²) < 4.78 is 19.3. The average Bonchev–Trinajstić information content (AvgIpc) is 3.39. The van der Waals surface area contributed by atoms with Crippen molar-refractivity contribution in [2.24, 2.45) is 7.05 Å². The summed E-state index contributed by atoms with van der Waals surface area (Å²) in [5.74, 6) is 1.98. The standard InChI is InChI=1S/C22H19N3O4/c1-24-11-13(10-23-24)14-4-3-5-16-20(14)22(21(26)25(16)2)12-29-17-9-19-18(8-15(17)22)27-6-7-28-19/h3-5,8-11H,6-7,12H2,1-2H3. The number of likely N-dealkylation sites (N-methyl/N-ethyl adjacent to an activating group) is 1. The number of aromatic nitrogens is 2. The van der Waals surface area contributed by atoms with Crippen LogP contribution in [0.1, 0.15) is 11.1 Å². The molecule has 7 heteroatoms. The van der Waals surface area contributed by atoms with Gasteiger partial charge in [0.1, 0.15) is 31.0 Å².